The standard InChI is InChI=1S/C23H46O4/c1-3-5-7-9-10-11-12-14-16-18-21(17-15-13-8-6-4-2)23(26)27-20-22(25)19-24/h21-22,24-25H,3-20H2,1-2H3. The fourth-order valence-electron chi connectivity index (χ4n) is 3.42. The Bertz CT molecular complexity index is 320. The molecule has 0 heterocycles. The third-order valence-electron chi connectivity index (χ3n) is 5.27. The molecule has 2 unspecified atom stereocenters. The van der Waals surface area contributed by atoms with Gasteiger partial charge >= 0.3 is 5.97 Å². The van der Waals surface area contributed by atoms with Gasteiger partial charge in [0.25, 0.3) is 0 Å². The first-order valence-electron chi connectivity index (χ1n) is 11.6. The van der Waals surface area contributed by atoms with E-state index in [-0.39, 0.29) is 25.1 Å². The number of esters is 1. The SMILES string of the molecule is CCCCCCCCCCCC(CCCCCCC)C(=O)OCC(O)CO. The molecule has 0 aromatic carbocycles. The zero-order valence-corrected chi connectivity index (χ0v) is 18.1. The molecule has 0 aliphatic rings. The molecule has 2 N–H and O–H groups in total. The number of ether oxygens (including phenoxy) is 1. The molecule has 2 atom stereocenters. The lowest BCUT2D eigenvalue weighted by molar-refractivity contribution is -0.152. The van der Waals surface area contributed by atoms with Crippen LogP contribution in [0.4, 0.5) is 0 Å². The number of aliphatic hydroxyl groups is 2. The second kappa shape index (κ2) is 20.1. The Hall–Kier alpha value is -0.610. The van der Waals surface area contributed by atoms with Crippen LogP contribution in [0.15, 0.2) is 0 Å². The summed E-state index contributed by atoms with van der Waals surface area (Å²) in [5.74, 6) is -0.250. The van der Waals surface area contributed by atoms with Gasteiger partial charge in [0.15, 0.2) is 0 Å². The van der Waals surface area contributed by atoms with Crippen LogP contribution in [0.2, 0.25) is 0 Å². The molecule has 0 amide bonds. The monoisotopic (exact) mass is 386 g/mol. The Morgan fingerprint density at radius 1 is 0.741 bits per heavy atom. The van der Waals surface area contributed by atoms with Crippen LogP contribution in [0.1, 0.15) is 117 Å². The van der Waals surface area contributed by atoms with E-state index in [1.165, 1.54) is 77.0 Å². The molecule has 162 valence electrons. The predicted molar refractivity (Wildman–Crippen MR) is 113 cm³/mol. The summed E-state index contributed by atoms with van der Waals surface area (Å²) in [6.45, 7) is 3.98. The summed E-state index contributed by atoms with van der Waals surface area (Å²) in [5, 5.41) is 18.2. The minimum absolute atomic E-state index is 0.0536. The van der Waals surface area contributed by atoms with Crippen molar-refractivity contribution in [1.29, 1.82) is 0 Å². The van der Waals surface area contributed by atoms with Crippen molar-refractivity contribution < 1.29 is 19.7 Å². The van der Waals surface area contributed by atoms with E-state index in [4.69, 9.17) is 9.84 Å². The molecule has 0 spiro atoms. The normalized spacial score (nSPS) is 13.5. The topological polar surface area (TPSA) is 66.8 Å². The minimum Gasteiger partial charge on any atom is -0.463 e. The van der Waals surface area contributed by atoms with Crippen LogP contribution in [-0.2, 0) is 9.53 Å². The van der Waals surface area contributed by atoms with Gasteiger partial charge in [-0.1, -0.05) is 104 Å². The van der Waals surface area contributed by atoms with Gasteiger partial charge < -0.3 is 14.9 Å². The summed E-state index contributed by atoms with van der Waals surface area (Å²) in [6, 6.07) is 0. The molecule has 4 nitrogen and oxygen atoms in total. The third-order valence-corrected chi connectivity index (χ3v) is 5.27. The van der Waals surface area contributed by atoms with E-state index in [0.29, 0.717) is 0 Å². The Labute approximate surface area is 168 Å². The van der Waals surface area contributed by atoms with Crippen LogP contribution in [0.3, 0.4) is 0 Å². The maximum atomic E-state index is 12.3. The predicted octanol–water partition coefficient (Wildman–Crippen LogP) is 5.78. The van der Waals surface area contributed by atoms with Gasteiger partial charge in [0.1, 0.15) is 12.7 Å². The second-order valence-electron chi connectivity index (χ2n) is 7.98. The Morgan fingerprint density at radius 2 is 1.15 bits per heavy atom. The Morgan fingerprint density at radius 3 is 1.56 bits per heavy atom. The first-order chi connectivity index (χ1) is 13.2. The fraction of sp³-hybridized carbons (Fsp3) is 0.957. The molecule has 0 radical (unpaired) electrons. The van der Waals surface area contributed by atoms with Crippen LogP contribution in [0, 0.1) is 5.92 Å². The highest BCUT2D eigenvalue weighted by Crippen LogP contribution is 2.21. The molecule has 0 rings (SSSR count). The van der Waals surface area contributed by atoms with E-state index in [1.807, 2.05) is 0 Å². The molecule has 0 aromatic heterocycles. The summed E-state index contributed by atoms with van der Waals surface area (Å²) in [7, 11) is 0. The van der Waals surface area contributed by atoms with Gasteiger partial charge in [-0.2, -0.15) is 0 Å². The van der Waals surface area contributed by atoms with E-state index in [9.17, 15) is 9.90 Å². The minimum atomic E-state index is -0.966. The third kappa shape index (κ3) is 17.2. The highest BCUT2D eigenvalue weighted by Gasteiger charge is 2.20. The maximum absolute atomic E-state index is 12.3. The molecule has 0 aliphatic carbocycles. The van der Waals surface area contributed by atoms with E-state index < -0.39 is 6.10 Å². The van der Waals surface area contributed by atoms with Gasteiger partial charge in [0, 0.05) is 0 Å². The van der Waals surface area contributed by atoms with Crippen LogP contribution >= 0.6 is 0 Å². The lowest BCUT2D eigenvalue weighted by atomic mass is 9.94. The quantitative estimate of drug-likeness (QED) is 0.205. The second-order valence-corrected chi connectivity index (χ2v) is 7.98. The summed E-state index contributed by atoms with van der Waals surface area (Å²) in [6.07, 6.45) is 18.3. The first kappa shape index (κ1) is 26.4. The van der Waals surface area contributed by atoms with E-state index >= 15 is 0 Å². The summed E-state index contributed by atoms with van der Waals surface area (Å²) >= 11 is 0. The lowest BCUT2D eigenvalue weighted by Gasteiger charge is -2.17. The van der Waals surface area contributed by atoms with Gasteiger partial charge in [0.2, 0.25) is 0 Å². The molecule has 0 aromatic rings. The molecule has 4 heteroatoms. The number of unbranched alkanes of at least 4 members (excludes halogenated alkanes) is 12. The number of hydrogen-bond acceptors (Lipinski definition) is 4. The van der Waals surface area contributed by atoms with Crippen LogP contribution in [0.5, 0.6) is 0 Å². The van der Waals surface area contributed by atoms with Crippen molar-refractivity contribution >= 4 is 5.97 Å². The molecule has 27 heavy (non-hydrogen) atoms. The van der Waals surface area contributed by atoms with Crippen molar-refractivity contribution in [2.45, 2.75) is 123 Å². The van der Waals surface area contributed by atoms with Crippen molar-refractivity contribution in [3.8, 4) is 0 Å². The lowest BCUT2D eigenvalue weighted by Crippen LogP contribution is -2.25. The van der Waals surface area contributed by atoms with Crippen molar-refractivity contribution in [1.82, 2.24) is 0 Å². The summed E-state index contributed by atoms with van der Waals surface area (Å²) in [5.41, 5.74) is 0. The summed E-state index contributed by atoms with van der Waals surface area (Å²) in [4.78, 5) is 12.3. The van der Waals surface area contributed by atoms with Gasteiger partial charge in [-0.3, -0.25) is 4.79 Å². The van der Waals surface area contributed by atoms with Crippen molar-refractivity contribution in [2.24, 2.45) is 5.92 Å². The Kier molecular flexibility index (Phi) is 19.7. The maximum Gasteiger partial charge on any atom is 0.309 e. The molecular weight excluding hydrogens is 340 g/mol. The number of carbonyl (C=O) groups excluding carboxylic acids is 1. The zero-order chi connectivity index (χ0) is 20.2. The largest absolute Gasteiger partial charge is 0.463 e. The van der Waals surface area contributed by atoms with Crippen molar-refractivity contribution in [3.63, 3.8) is 0 Å². The molecule has 0 bridgehead atoms. The highest BCUT2D eigenvalue weighted by atomic mass is 16.5. The van der Waals surface area contributed by atoms with Gasteiger partial charge in [0.05, 0.1) is 12.5 Å². The van der Waals surface area contributed by atoms with Crippen LogP contribution in [-0.4, -0.2) is 35.5 Å². The van der Waals surface area contributed by atoms with Crippen molar-refractivity contribution in [2.75, 3.05) is 13.2 Å². The first-order valence-corrected chi connectivity index (χ1v) is 11.6. The van der Waals surface area contributed by atoms with Crippen LogP contribution < -0.4 is 0 Å². The molecule has 0 fully saturated rings. The Balaban J connectivity index is 4.00. The van der Waals surface area contributed by atoms with Crippen LogP contribution in [0.25, 0.3) is 0 Å². The molecular formula is C23H46O4. The summed E-state index contributed by atoms with van der Waals surface area (Å²) < 4.78 is 5.22. The van der Waals surface area contributed by atoms with Gasteiger partial charge in [-0.15, -0.1) is 0 Å². The number of aliphatic hydroxyl groups excluding tert-OH is 2. The smallest absolute Gasteiger partial charge is 0.309 e. The fourth-order valence-corrected chi connectivity index (χ4v) is 3.42. The number of carbonyl (C=O) groups is 1. The van der Waals surface area contributed by atoms with Gasteiger partial charge in [-0.25, -0.2) is 0 Å². The number of rotatable bonds is 20. The van der Waals surface area contributed by atoms with Gasteiger partial charge in [-0.05, 0) is 12.8 Å². The molecule has 0 saturated heterocycles. The molecule has 0 saturated carbocycles. The average molecular weight is 387 g/mol. The van der Waals surface area contributed by atoms with Crippen molar-refractivity contribution in [3.05, 3.63) is 0 Å². The average Bonchev–Trinajstić information content (AvgIpc) is 2.68. The zero-order valence-electron chi connectivity index (χ0n) is 18.1. The van der Waals surface area contributed by atoms with E-state index in [2.05, 4.69) is 13.8 Å². The highest BCUT2D eigenvalue weighted by molar-refractivity contribution is 5.72. The van der Waals surface area contributed by atoms with E-state index in [0.717, 1.165) is 25.7 Å². The molecule has 0 aliphatic heterocycles. The van der Waals surface area contributed by atoms with E-state index in [1.54, 1.807) is 0 Å². The number of hydrogen-bond donors (Lipinski definition) is 2.